The number of benzene rings is 2. The van der Waals surface area contributed by atoms with Gasteiger partial charge in [-0.3, -0.25) is 4.99 Å². The van der Waals surface area contributed by atoms with Crippen molar-refractivity contribution < 1.29 is 0 Å². The zero-order valence-electron chi connectivity index (χ0n) is 14.5. The van der Waals surface area contributed by atoms with Crippen molar-refractivity contribution in [3.8, 4) is 6.07 Å². The molecule has 0 bridgehead atoms. The van der Waals surface area contributed by atoms with E-state index in [0.29, 0.717) is 12.1 Å². The minimum absolute atomic E-state index is 0.180. The molecule has 1 aliphatic heterocycles. The van der Waals surface area contributed by atoms with Crippen molar-refractivity contribution >= 4 is 11.5 Å². The number of hydrogen-bond donors (Lipinski definition) is 1. The summed E-state index contributed by atoms with van der Waals surface area (Å²) in [5, 5.41) is 12.6. The van der Waals surface area contributed by atoms with Gasteiger partial charge in [0.1, 0.15) is 5.84 Å². The molecule has 2 aromatic rings. The van der Waals surface area contributed by atoms with Crippen molar-refractivity contribution in [1.29, 1.82) is 5.26 Å². The fourth-order valence-corrected chi connectivity index (χ4v) is 4.21. The Hall–Kier alpha value is -2.60. The molecule has 1 saturated carbocycles. The topological polar surface area (TPSA) is 48.2 Å². The molecule has 3 heteroatoms. The molecule has 0 amide bonds. The lowest BCUT2D eigenvalue weighted by Gasteiger charge is -2.42. The Morgan fingerprint density at radius 3 is 2.52 bits per heavy atom. The van der Waals surface area contributed by atoms with E-state index in [1.165, 1.54) is 43.4 Å². The maximum Gasteiger partial charge on any atom is 0.108 e. The van der Waals surface area contributed by atoms with E-state index < -0.39 is 0 Å². The third-order valence-corrected chi connectivity index (χ3v) is 5.62. The first-order valence-electron chi connectivity index (χ1n) is 9.18. The Balaban J connectivity index is 1.63. The molecular formula is C22H23N3. The first-order chi connectivity index (χ1) is 12.3. The van der Waals surface area contributed by atoms with Crippen LogP contribution in [0.2, 0.25) is 0 Å². The second kappa shape index (κ2) is 6.72. The molecule has 4 rings (SSSR count). The van der Waals surface area contributed by atoms with E-state index in [9.17, 15) is 0 Å². The van der Waals surface area contributed by atoms with Crippen molar-refractivity contribution in [2.24, 2.45) is 10.4 Å². The fourth-order valence-electron chi connectivity index (χ4n) is 4.21. The number of rotatable bonds is 2. The highest BCUT2D eigenvalue weighted by atomic mass is 15.0. The molecule has 1 aliphatic carbocycles. The van der Waals surface area contributed by atoms with Gasteiger partial charge in [0, 0.05) is 11.1 Å². The number of aliphatic imine (C=N–C) groups is 1. The van der Waals surface area contributed by atoms with Crippen LogP contribution in [-0.2, 0) is 13.0 Å². The SMILES string of the molecule is N#Cc1ccc(CN=C2Nc3ccccc3CC23CCCCC3)cc1. The molecule has 0 aromatic heterocycles. The van der Waals surface area contributed by atoms with Crippen LogP contribution in [0.1, 0.15) is 48.8 Å². The average Bonchev–Trinajstić information content (AvgIpc) is 2.67. The van der Waals surface area contributed by atoms with Gasteiger partial charge in [-0.25, -0.2) is 0 Å². The van der Waals surface area contributed by atoms with Crippen molar-refractivity contribution in [1.82, 2.24) is 0 Å². The molecule has 2 aromatic carbocycles. The zero-order chi connectivity index (χ0) is 17.1. The van der Waals surface area contributed by atoms with Crippen LogP contribution < -0.4 is 5.32 Å². The van der Waals surface area contributed by atoms with Crippen LogP contribution in [0.4, 0.5) is 5.69 Å². The lowest BCUT2D eigenvalue weighted by atomic mass is 9.67. The third kappa shape index (κ3) is 3.17. The molecule has 0 radical (unpaired) electrons. The summed E-state index contributed by atoms with van der Waals surface area (Å²) >= 11 is 0. The molecule has 3 nitrogen and oxygen atoms in total. The number of amidine groups is 1. The molecule has 0 saturated heterocycles. The molecular weight excluding hydrogens is 306 g/mol. The molecule has 25 heavy (non-hydrogen) atoms. The first-order valence-corrected chi connectivity index (χ1v) is 9.18. The van der Waals surface area contributed by atoms with E-state index in [1.807, 2.05) is 24.3 Å². The van der Waals surface area contributed by atoms with Gasteiger partial charge in [0.15, 0.2) is 0 Å². The number of anilines is 1. The predicted molar refractivity (Wildman–Crippen MR) is 102 cm³/mol. The van der Waals surface area contributed by atoms with Gasteiger partial charge in [-0.1, -0.05) is 49.6 Å². The molecule has 0 atom stereocenters. The summed E-state index contributed by atoms with van der Waals surface area (Å²) in [4.78, 5) is 5.01. The third-order valence-electron chi connectivity index (χ3n) is 5.62. The number of fused-ring (bicyclic) bond motifs is 1. The molecule has 2 aliphatic rings. The monoisotopic (exact) mass is 329 g/mol. The molecule has 126 valence electrons. The molecule has 1 fully saturated rings. The molecule has 0 unspecified atom stereocenters. The Morgan fingerprint density at radius 2 is 1.76 bits per heavy atom. The van der Waals surface area contributed by atoms with Crippen molar-refractivity contribution in [3.05, 3.63) is 65.2 Å². The lowest BCUT2D eigenvalue weighted by Crippen LogP contribution is -2.43. The standard InChI is InChI=1S/C22H23N3/c23-15-17-8-10-18(11-9-17)16-24-21-22(12-4-1-5-13-22)14-19-6-2-3-7-20(19)25-21/h2-3,6-11H,1,4-5,12-14,16H2,(H,24,25). The van der Waals surface area contributed by atoms with Crippen LogP contribution in [0.25, 0.3) is 0 Å². The van der Waals surface area contributed by atoms with Gasteiger partial charge in [-0.05, 0) is 48.6 Å². The lowest BCUT2D eigenvalue weighted by molar-refractivity contribution is 0.278. The Morgan fingerprint density at radius 1 is 1.00 bits per heavy atom. The normalized spacial score (nSPS) is 19.9. The van der Waals surface area contributed by atoms with Gasteiger partial charge >= 0.3 is 0 Å². The maximum absolute atomic E-state index is 8.93. The van der Waals surface area contributed by atoms with E-state index in [0.717, 1.165) is 17.8 Å². The maximum atomic E-state index is 8.93. The average molecular weight is 329 g/mol. The summed E-state index contributed by atoms with van der Waals surface area (Å²) in [5.74, 6) is 1.16. The van der Waals surface area contributed by atoms with Crippen molar-refractivity contribution in [2.45, 2.75) is 45.1 Å². The van der Waals surface area contributed by atoms with Crippen LogP contribution in [-0.4, -0.2) is 5.84 Å². The van der Waals surface area contributed by atoms with Crippen molar-refractivity contribution in [2.75, 3.05) is 5.32 Å². The zero-order valence-corrected chi connectivity index (χ0v) is 14.5. The van der Waals surface area contributed by atoms with Crippen LogP contribution in [0.3, 0.4) is 0 Å². The largest absolute Gasteiger partial charge is 0.343 e. The highest BCUT2D eigenvalue weighted by Crippen LogP contribution is 2.45. The van der Waals surface area contributed by atoms with Crippen LogP contribution >= 0.6 is 0 Å². The van der Waals surface area contributed by atoms with Crippen LogP contribution in [0, 0.1) is 16.7 Å². The van der Waals surface area contributed by atoms with Gasteiger partial charge in [0.05, 0.1) is 18.2 Å². The minimum atomic E-state index is 0.180. The van der Waals surface area contributed by atoms with Gasteiger partial charge in [-0.15, -0.1) is 0 Å². The number of nitrogens with zero attached hydrogens (tertiary/aromatic N) is 2. The molecule has 1 N–H and O–H groups in total. The number of hydrogen-bond acceptors (Lipinski definition) is 2. The first kappa shape index (κ1) is 15.9. The van der Waals surface area contributed by atoms with E-state index in [-0.39, 0.29) is 5.41 Å². The Kier molecular flexibility index (Phi) is 4.28. The number of nitrogens with one attached hydrogen (secondary N) is 1. The Labute approximate surface area is 149 Å². The Bertz CT molecular complexity index is 821. The molecule has 1 spiro atoms. The van der Waals surface area contributed by atoms with Gasteiger partial charge in [0.25, 0.3) is 0 Å². The van der Waals surface area contributed by atoms with Gasteiger partial charge < -0.3 is 5.32 Å². The summed E-state index contributed by atoms with van der Waals surface area (Å²) in [6, 6.07) is 18.5. The molecule has 1 heterocycles. The number of para-hydroxylation sites is 1. The van der Waals surface area contributed by atoms with E-state index in [2.05, 4.69) is 35.7 Å². The second-order valence-electron chi connectivity index (χ2n) is 7.27. The smallest absolute Gasteiger partial charge is 0.108 e. The van der Waals surface area contributed by atoms with Crippen LogP contribution in [0.15, 0.2) is 53.5 Å². The van der Waals surface area contributed by atoms with Gasteiger partial charge in [-0.2, -0.15) is 5.26 Å². The highest BCUT2D eigenvalue weighted by molar-refractivity contribution is 6.02. The predicted octanol–water partition coefficient (Wildman–Crippen LogP) is 5.08. The van der Waals surface area contributed by atoms with E-state index in [4.69, 9.17) is 10.3 Å². The summed E-state index contributed by atoms with van der Waals surface area (Å²) in [5.41, 5.74) is 4.65. The van der Waals surface area contributed by atoms with E-state index >= 15 is 0 Å². The summed E-state index contributed by atoms with van der Waals surface area (Å²) in [6.45, 7) is 0.665. The summed E-state index contributed by atoms with van der Waals surface area (Å²) in [6.07, 6.45) is 7.47. The summed E-state index contributed by atoms with van der Waals surface area (Å²) in [7, 11) is 0. The highest BCUT2D eigenvalue weighted by Gasteiger charge is 2.40. The van der Waals surface area contributed by atoms with E-state index in [1.54, 1.807) is 0 Å². The minimum Gasteiger partial charge on any atom is -0.343 e. The number of nitriles is 1. The summed E-state index contributed by atoms with van der Waals surface area (Å²) < 4.78 is 0. The second-order valence-corrected chi connectivity index (χ2v) is 7.27. The van der Waals surface area contributed by atoms with Gasteiger partial charge in [0.2, 0.25) is 0 Å². The van der Waals surface area contributed by atoms with Crippen molar-refractivity contribution in [3.63, 3.8) is 0 Å². The fraction of sp³-hybridized carbons (Fsp3) is 0.364. The quantitative estimate of drug-likeness (QED) is 0.835. The van der Waals surface area contributed by atoms with Crippen LogP contribution in [0.5, 0.6) is 0 Å².